The highest BCUT2D eigenvalue weighted by molar-refractivity contribution is 5.96. The van der Waals surface area contributed by atoms with Crippen LogP contribution in [0.15, 0.2) is 29.1 Å². The maximum atomic E-state index is 13.5. The highest BCUT2D eigenvalue weighted by Gasteiger charge is 2.27. The standard InChI is InChI=1S/C18H17FN6O2/c1-9-14(18-21-4-5-27-18)25-16(20)15(24-9)17(26)23-8-13-12(10-2-3-10)6-11(19)7-22-13/h4-7,10H,2-3,8H2,1H3,(H2,20,25)(H,23,26). The average molecular weight is 368 g/mol. The number of amides is 1. The van der Waals surface area contributed by atoms with Gasteiger partial charge in [-0.25, -0.2) is 19.3 Å². The summed E-state index contributed by atoms with van der Waals surface area (Å²) in [6.45, 7) is 1.85. The lowest BCUT2D eigenvalue weighted by Crippen LogP contribution is -2.27. The summed E-state index contributed by atoms with van der Waals surface area (Å²) in [6, 6.07) is 1.48. The number of carbonyl (C=O) groups excluding carboxylic acids is 1. The number of pyridine rings is 1. The second-order valence-corrected chi connectivity index (χ2v) is 6.38. The molecule has 1 aliphatic rings. The third kappa shape index (κ3) is 3.48. The molecule has 3 heterocycles. The van der Waals surface area contributed by atoms with Crippen molar-refractivity contribution in [1.29, 1.82) is 0 Å². The zero-order valence-electron chi connectivity index (χ0n) is 14.6. The van der Waals surface area contributed by atoms with E-state index in [1.807, 2.05) is 0 Å². The van der Waals surface area contributed by atoms with Crippen molar-refractivity contribution < 1.29 is 13.6 Å². The predicted octanol–water partition coefficient (Wildman–Crippen LogP) is 2.36. The zero-order chi connectivity index (χ0) is 19.0. The number of nitrogens with zero attached hydrogens (tertiary/aromatic N) is 4. The molecule has 3 aromatic rings. The number of nitrogens with one attached hydrogen (secondary N) is 1. The van der Waals surface area contributed by atoms with Gasteiger partial charge in [0.1, 0.15) is 17.8 Å². The number of anilines is 1. The van der Waals surface area contributed by atoms with Crippen LogP contribution in [0.3, 0.4) is 0 Å². The van der Waals surface area contributed by atoms with E-state index >= 15 is 0 Å². The molecule has 138 valence electrons. The highest BCUT2D eigenvalue weighted by atomic mass is 19.1. The van der Waals surface area contributed by atoms with E-state index in [1.54, 1.807) is 6.92 Å². The van der Waals surface area contributed by atoms with Crippen LogP contribution in [0, 0.1) is 12.7 Å². The molecule has 27 heavy (non-hydrogen) atoms. The molecule has 0 radical (unpaired) electrons. The molecule has 0 spiro atoms. The lowest BCUT2D eigenvalue weighted by Gasteiger charge is -2.11. The van der Waals surface area contributed by atoms with Gasteiger partial charge in [-0.05, 0) is 37.3 Å². The van der Waals surface area contributed by atoms with Crippen molar-refractivity contribution in [2.75, 3.05) is 5.73 Å². The average Bonchev–Trinajstić information content (AvgIpc) is 3.36. The van der Waals surface area contributed by atoms with Crippen LogP contribution in [0.4, 0.5) is 10.2 Å². The Bertz CT molecular complexity index is 1000. The minimum atomic E-state index is -0.477. The Balaban J connectivity index is 1.53. The first-order chi connectivity index (χ1) is 13.0. The van der Waals surface area contributed by atoms with Crippen molar-refractivity contribution in [3.63, 3.8) is 0 Å². The van der Waals surface area contributed by atoms with Crippen LogP contribution >= 0.6 is 0 Å². The molecule has 3 aromatic heterocycles. The number of carbonyl (C=O) groups is 1. The SMILES string of the molecule is Cc1nc(C(=O)NCc2ncc(F)cc2C2CC2)c(N)nc1-c1ncco1. The molecule has 9 heteroatoms. The molecule has 1 amide bonds. The first kappa shape index (κ1) is 17.1. The van der Waals surface area contributed by atoms with Gasteiger partial charge in [-0.2, -0.15) is 0 Å². The first-order valence-corrected chi connectivity index (χ1v) is 8.49. The maximum absolute atomic E-state index is 13.5. The van der Waals surface area contributed by atoms with E-state index in [2.05, 4.69) is 25.3 Å². The highest BCUT2D eigenvalue weighted by Crippen LogP contribution is 2.41. The fourth-order valence-electron chi connectivity index (χ4n) is 2.87. The van der Waals surface area contributed by atoms with Crippen LogP contribution in [-0.4, -0.2) is 25.8 Å². The molecule has 1 fully saturated rings. The molecule has 0 aliphatic heterocycles. The monoisotopic (exact) mass is 368 g/mol. The van der Waals surface area contributed by atoms with Crippen molar-refractivity contribution >= 4 is 11.7 Å². The van der Waals surface area contributed by atoms with Crippen LogP contribution in [0.25, 0.3) is 11.6 Å². The van der Waals surface area contributed by atoms with Crippen LogP contribution in [0.1, 0.15) is 46.2 Å². The Morgan fingerprint density at radius 3 is 2.89 bits per heavy atom. The summed E-state index contributed by atoms with van der Waals surface area (Å²) in [4.78, 5) is 29.1. The quantitative estimate of drug-likeness (QED) is 0.709. The third-order valence-corrected chi connectivity index (χ3v) is 4.35. The molecule has 0 unspecified atom stereocenters. The van der Waals surface area contributed by atoms with Gasteiger partial charge in [-0.1, -0.05) is 0 Å². The predicted molar refractivity (Wildman–Crippen MR) is 94.0 cm³/mol. The molecule has 0 saturated heterocycles. The van der Waals surface area contributed by atoms with E-state index in [4.69, 9.17) is 10.2 Å². The number of halogens is 1. The van der Waals surface area contributed by atoms with Crippen LogP contribution < -0.4 is 11.1 Å². The molecular weight excluding hydrogens is 351 g/mol. The summed E-state index contributed by atoms with van der Waals surface area (Å²) >= 11 is 0. The van der Waals surface area contributed by atoms with Gasteiger partial charge in [0, 0.05) is 0 Å². The number of hydrogen-bond donors (Lipinski definition) is 2. The van der Waals surface area contributed by atoms with Crippen molar-refractivity contribution in [3.05, 3.63) is 53.2 Å². The van der Waals surface area contributed by atoms with Crippen LogP contribution in [-0.2, 0) is 6.54 Å². The molecule has 0 aromatic carbocycles. The second kappa shape index (κ2) is 6.75. The zero-order valence-corrected chi connectivity index (χ0v) is 14.6. The summed E-state index contributed by atoms with van der Waals surface area (Å²) in [5.41, 5.74) is 8.25. The molecule has 1 aliphatic carbocycles. The van der Waals surface area contributed by atoms with Gasteiger partial charge in [0.15, 0.2) is 11.5 Å². The van der Waals surface area contributed by atoms with E-state index in [9.17, 15) is 9.18 Å². The Morgan fingerprint density at radius 2 is 2.19 bits per heavy atom. The maximum Gasteiger partial charge on any atom is 0.274 e. The summed E-state index contributed by atoms with van der Waals surface area (Å²) in [5.74, 6) is -0.286. The van der Waals surface area contributed by atoms with E-state index in [0.29, 0.717) is 23.0 Å². The fraction of sp³-hybridized carbons (Fsp3) is 0.278. The van der Waals surface area contributed by atoms with Gasteiger partial charge in [-0.3, -0.25) is 9.78 Å². The third-order valence-electron chi connectivity index (χ3n) is 4.35. The van der Waals surface area contributed by atoms with Gasteiger partial charge in [0.2, 0.25) is 5.89 Å². The minimum absolute atomic E-state index is 0.0119. The van der Waals surface area contributed by atoms with Crippen LogP contribution in [0.2, 0.25) is 0 Å². The van der Waals surface area contributed by atoms with Gasteiger partial charge in [-0.15, -0.1) is 0 Å². The van der Waals surface area contributed by atoms with E-state index in [1.165, 1.54) is 18.5 Å². The smallest absolute Gasteiger partial charge is 0.274 e. The Kier molecular flexibility index (Phi) is 4.27. The number of nitrogen functional groups attached to an aromatic ring is 1. The lowest BCUT2D eigenvalue weighted by molar-refractivity contribution is 0.0946. The van der Waals surface area contributed by atoms with E-state index < -0.39 is 5.91 Å². The number of nitrogens with two attached hydrogens (primary N) is 1. The summed E-state index contributed by atoms with van der Waals surface area (Å²) in [6.07, 6.45) is 6.07. The number of aryl methyl sites for hydroxylation is 1. The van der Waals surface area contributed by atoms with Crippen molar-refractivity contribution in [3.8, 4) is 11.6 Å². The van der Waals surface area contributed by atoms with Crippen molar-refractivity contribution in [2.45, 2.75) is 32.2 Å². The number of hydrogen-bond acceptors (Lipinski definition) is 7. The summed E-state index contributed by atoms with van der Waals surface area (Å²) in [5, 5.41) is 2.73. The topological polar surface area (TPSA) is 120 Å². The van der Waals surface area contributed by atoms with Gasteiger partial charge in [0.25, 0.3) is 5.91 Å². The minimum Gasteiger partial charge on any atom is -0.443 e. The van der Waals surface area contributed by atoms with E-state index in [0.717, 1.165) is 24.6 Å². The Morgan fingerprint density at radius 1 is 1.37 bits per heavy atom. The molecule has 8 nitrogen and oxygen atoms in total. The molecule has 0 bridgehead atoms. The molecule has 1 saturated carbocycles. The summed E-state index contributed by atoms with van der Waals surface area (Å²) in [7, 11) is 0. The van der Waals surface area contributed by atoms with Gasteiger partial charge < -0.3 is 15.5 Å². The first-order valence-electron chi connectivity index (χ1n) is 8.49. The van der Waals surface area contributed by atoms with Crippen LogP contribution in [0.5, 0.6) is 0 Å². The van der Waals surface area contributed by atoms with Gasteiger partial charge in [0.05, 0.1) is 30.3 Å². The molecule has 0 atom stereocenters. The van der Waals surface area contributed by atoms with Crippen molar-refractivity contribution in [2.24, 2.45) is 0 Å². The number of oxazole rings is 1. The lowest BCUT2D eigenvalue weighted by atomic mass is 10.1. The second-order valence-electron chi connectivity index (χ2n) is 6.38. The molecule has 3 N–H and O–H groups in total. The Hall–Kier alpha value is -3.36. The number of rotatable bonds is 5. The number of aromatic nitrogens is 4. The summed E-state index contributed by atoms with van der Waals surface area (Å²) < 4.78 is 18.7. The molecule has 4 rings (SSSR count). The van der Waals surface area contributed by atoms with E-state index in [-0.39, 0.29) is 29.8 Å². The Labute approximate surface area is 154 Å². The molecular formula is C18H17FN6O2. The normalized spacial score (nSPS) is 13.6. The van der Waals surface area contributed by atoms with Crippen molar-refractivity contribution in [1.82, 2.24) is 25.3 Å². The largest absolute Gasteiger partial charge is 0.443 e. The fourth-order valence-corrected chi connectivity index (χ4v) is 2.87. The van der Waals surface area contributed by atoms with Gasteiger partial charge >= 0.3 is 0 Å².